The van der Waals surface area contributed by atoms with Crippen LogP contribution in [0.3, 0.4) is 0 Å². The van der Waals surface area contributed by atoms with Gasteiger partial charge in [0.2, 0.25) is 5.91 Å². The van der Waals surface area contributed by atoms with Crippen molar-refractivity contribution in [1.29, 1.82) is 0 Å². The summed E-state index contributed by atoms with van der Waals surface area (Å²) >= 11 is 0. The number of esters is 1. The van der Waals surface area contributed by atoms with Gasteiger partial charge in [-0.3, -0.25) is 9.59 Å². The molecule has 6 heteroatoms. The van der Waals surface area contributed by atoms with E-state index in [-0.39, 0.29) is 18.5 Å². The van der Waals surface area contributed by atoms with Crippen molar-refractivity contribution in [3.8, 4) is 0 Å². The van der Waals surface area contributed by atoms with Gasteiger partial charge in [0.1, 0.15) is 0 Å². The van der Waals surface area contributed by atoms with Crippen molar-refractivity contribution in [2.45, 2.75) is 360 Å². The molecule has 0 saturated heterocycles. The molecule has 3 N–H and O–H groups in total. The SMILES string of the molecule is CCCC/C=C\CCCCCCCC(=O)OCCCCCCCCCCCCCCCCCCCCC(=O)NC(CO)C(O)CCCCCCCCCCCCCCCCCCCCCCCC. The molecule has 0 saturated carbocycles. The normalized spacial score (nSPS) is 12.6. The molecule has 0 bridgehead atoms. The topological polar surface area (TPSA) is 95.9 Å². The molecule has 0 spiro atoms. The van der Waals surface area contributed by atoms with Gasteiger partial charge in [-0.05, 0) is 44.9 Å². The Balaban J connectivity index is 3.41. The largest absolute Gasteiger partial charge is 0.466 e. The summed E-state index contributed by atoms with van der Waals surface area (Å²) in [5.74, 6) is -0.0380. The molecule has 0 aromatic heterocycles. The van der Waals surface area contributed by atoms with Gasteiger partial charge in [-0.25, -0.2) is 0 Å². The standard InChI is InChI=1S/C62H121NO5/c1-3-5-7-9-11-13-15-16-17-18-19-20-21-22-25-28-31-35-38-42-46-50-54-60(65)59(58-64)63-61(66)55-51-47-43-39-36-32-29-26-23-24-27-30-33-37-41-45-49-53-57-68-62(67)56-52-48-44-40-34-14-12-10-8-6-4-2/h10,12,59-60,64-65H,3-9,11,13-58H2,1-2H3,(H,63,66)/b12-10-. The molecule has 0 rings (SSSR count). The molecule has 6 nitrogen and oxygen atoms in total. The molecular weight excluding hydrogens is 839 g/mol. The molecule has 0 aliphatic carbocycles. The molecule has 0 heterocycles. The highest BCUT2D eigenvalue weighted by Gasteiger charge is 2.20. The average molecular weight is 961 g/mol. The maximum Gasteiger partial charge on any atom is 0.305 e. The minimum atomic E-state index is -0.667. The van der Waals surface area contributed by atoms with Gasteiger partial charge in [0.15, 0.2) is 0 Å². The van der Waals surface area contributed by atoms with Gasteiger partial charge in [0, 0.05) is 12.8 Å². The molecule has 0 aromatic carbocycles. The maximum absolute atomic E-state index is 12.5. The van der Waals surface area contributed by atoms with Gasteiger partial charge in [0.25, 0.3) is 0 Å². The molecule has 0 aromatic rings. The third-order valence-corrected chi connectivity index (χ3v) is 14.6. The van der Waals surface area contributed by atoms with Gasteiger partial charge in [-0.1, -0.05) is 302 Å². The lowest BCUT2D eigenvalue weighted by Crippen LogP contribution is -2.45. The zero-order chi connectivity index (χ0) is 49.3. The van der Waals surface area contributed by atoms with E-state index in [1.807, 2.05) is 0 Å². The van der Waals surface area contributed by atoms with Gasteiger partial charge < -0.3 is 20.3 Å². The van der Waals surface area contributed by atoms with E-state index in [2.05, 4.69) is 31.3 Å². The first-order chi connectivity index (χ1) is 33.5. The lowest BCUT2D eigenvalue weighted by atomic mass is 10.0. The molecule has 0 aliphatic rings. The van der Waals surface area contributed by atoms with Crippen molar-refractivity contribution in [3.63, 3.8) is 0 Å². The van der Waals surface area contributed by atoms with Crippen molar-refractivity contribution in [2.75, 3.05) is 13.2 Å². The van der Waals surface area contributed by atoms with E-state index in [4.69, 9.17) is 4.74 Å². The molecule has 0 radical (unpaired) electrons. The van der Waals surface area contributed by atoms with E-state index >= 15 is 0 Å². The van der Waals surface area contributed by atoms with Crippen LogP contribution in [-0.2, 0) is 14.3 Å². The van der Waals surface area contributed by atoms with Gasteiger partial charge >= 0.3 is 5.97 Å². The number of ether oxygens (including phenoxy) is 1. The lowest BCUT2D eigenvalue weighted by Gasteiger charge is -2.22. The Kier molecular flexibility index (Phi) is 57.0. The van der Waals surface area contributed by atoms with Crippen molar-refractivity contribution in [3.05, 3.63) is 12.2 Å². The highest BCUT2D eigenvalue weighted by Crippen LogP contribution is 2.18. The Morgan fingerprint density at radius 1 is 0.397 bits per heavy atom. The quantitative estimate of drug-likeness (QED) is 0.0321. The van der Waals surface area contributed by atoms with E-state index in [0.717, 1.165) is 44.9 Å². The molecule has 0 fully saturated rings. The molecular formula is C62H121NO5. The lowest BCUT2D eigenvalue weighted by molar-refractivity contribution is -0.143. The molecule has 1 amide bonds. The summed E-state index contributed by atoms with van der Waals surface area (Å²) in [6, 6.07) is -0.545. The molecule has 404 valence electrons. The number of aliphatic hydroxyl groups excluding tert-OH is 2. The fourth-order valence-electron chi connectivity index (χ4n) is 9.80. The number of nitrogens with one attached hydrogen (secondary N) is 1. The summed E-state index contributed by atoms with van der Waals surface area (Å²) in [6.45, 7) is 4.93. The summed E-state index contributed by atoms with van der Waals surface area (Å²) in [7, 11) is 0. The van der Waals surface area contributed by atoms with E-state index in [1.165, 1.54) is 270 Å². The summed E-state index contributed by atoms with van der Waals surface area (Å²) in [6.07, 6.45) is 69.3. The number of aliphatic hydroxyl groups is 2. The minimum absolute atomic E-state index is 0.00284. The maximum atomic E-state index is 12.5. The zero-order valence-corrected chi connectivity index (χ0v) is 46.1. The van der Waals surface area contributed by atoms with Crippen LogP contribution in [0.2, 0.25) is 0 Å². The van der Waals surface area contributed by atoms with E-state index in [1.54, 1.807) is 0 Å². The van der Waals surface area contributed by atoms with Crippen molar-refractivity contribution in [2.24, 2.45) is 0 Å². The van der Waals surface area contributed by atoms with Gasteiger partial charge in [0.05, 0.1) is 25.4 Å². The zero-order valence-electron chi connectivity index (χ0n) is 46.1. The van der Waals surface area contributed by atoms with Gasteiger partial charge in [-0.2, -0.15) is 0 Å². The third kappa shape index (κ3) is 53.9. The van der Waals surface area contributed by atoms with Crippen LogP contribution >= 0.6 is 0 Å². The van der Waals surface area contributed by atoms with Crippen LogP contribution in [0.1, 0.15) is 348 Å². The Morgan fingerprint density at radius 3 is 1.09 bits per heavy atom. The average Bonchev–Trinajstić information content (AvgIpc) is 3.34. The molecule has 68 heavy (non-hydrogen) atoms. The van der Waals surface area contributed by atoms with E-state index < -0.39 is 12.1 Å². The Morgan fingerprint density at radius 2 is 0.706 bits per heavy atom. The number of hydrogen-bond acceptors (Lipinski definition) is 5. The summed E-state index contributed by atoms with van der Waals surface area (Å²) in [5.41, 5.74) is 0. The van der Waals surface area contributed by atoms with Crippen LogP contribution in [0.15, 0.2) is 12.2 Å². The minimum Gasteiger partial charge on any atom is -0.466 e. The smallest absolute Gasteiger partial charge is 0.305 e. The Labute approximate surface area is 425 Å². The number of rotatable bonds is 58. The predicted octanol–water partition coefficient (Wildman–Crippen LogP) is 19.2. The highest BCUT2D eigenvalue weighted by atomic mass is 16.5. The fourth-order valence-corrected chi connectivity index (χ4v) is 9.80. The Bertz CT molecular complexity index is 1020. The van der Waals surface area contributed by atoms with E-state index in [9.17, 15) is 19.8 Å². The van der Waals surface area contributed by atoms with Crippen LogP contribution in [0.4, 0.5) is 0 Å². The number of allylic oxidation sites excluding steroid dienone is 2. The first kappa shape index (κ1) is 66.6. The summed E-state index contributed by atoms with van der Waals surface area (Å²) in [4.78, 5) is 24.5. The number of unbranched alkanes of at least 4 members (excludes halogenated alkanes) is 45. The molecule has 2 atom stereocenters. The highest BCUT2D eigenvalue weighted by molar-refractivity contribution is 5.76. The van der Waals surface area contributed by atoms with Crippen LogP contribution in [0.25, 0.3) is 0 Å². The fraction of sp³-hybridized carbons (Fsp3) is 0.935. The second kappa shape index (κ2) is 58.2. The number of amides is 1. The first-order valence-corrected chi connectivity index (χ1v) is 30.9. The van der Waals surface area contributed by atoms with E-state index in [0.29, 0.717) is 25.9 Å². The van der Waals surface area contributed by atoms with Crippen LogP contribution in [-0.4, -0.2) is 47.4 Å². The third-order valence-electron chi connectivity index (χ3n) is 14.6. The monoisotopic (exact) mass is 960 g/mol. The van der Waals surface area contributed by atoms with Crippen molar-refractivity contribution in [1.82, 2.24) is 5.32 Å². The van der Waals surface area contributed by atoms with Crippen LogP contribution in [0.5, 0.6) is 0 Å². The number of carbonyl (C=O) groups is 2. The van der Waals surface area contributed by atoms with Gasteiger partial charge in [-0.15, -0.1) is 0 Å². The number of hydrogen-bond donors (Lipinski definition) is 3. The number of carbonyl (C=O) groups excluding carboxylic acids is 2. The second-order valence-corrected chi connectivity index (χ2v) is 21.4. The molecule has 2 unspecified atom stereocenters. The van der Waals surface area contributed by atoms with Crippen molar-refractivity contribution < 1.29 is 24.5 Å². The molecule has 0 aliphatic heterocycles. The Hall–Kier alpha value is -1.40. The van der Waals surface area contributed by atoms with Crippen molar-refractivity contribution >= 4 is 11.9 Å². The predicted molar refractivity (Wildman–Crippen MR) is 297 cm³/mol. The van der Waals surface area contributed by atoms with Crippen LogP contribution < -0.4 is 5.32 Å². The van der Waals surface area contributed by atoms with Crippen LogP contribution in [0, 0.1) is 0 Å². The second-order valence-electron chi connectivity index (χ2n) is 21.4. The first-order valence-electron chi connectivity index (χ1n) is 30.9. The summed E-state index contributed by atoms with van der Waals surface area (Å²) in [5, 5.41) is 23.4. The summed E-state index contributed by atoms with van der Waals surface area (Å²) < 4.78 is 5.46.